The predicted molar refractivity (Wildman–Crippen MR) is 352 cm³/mol. The molecule has 1 aliphatic rings. The molecule has 0 aromatic heterocycles. The summed E-state index contributed by atoms with van der Waals surface area (Å²) in [5.74, 6) is 0. The summed E-state index contributed by atoms with van der Waals surface area (Å²) in [5, 5.41) is 2.87. The van der Waals surface area contributed by atoms with Gasteiger partial charge in [-0.25, -0.2) is 4.70 Å². The summed E-state index contributed by atoms with van der Waals surface area (Å²) in [4.78, 5) is 0. The summed E-state index contributed by atoms with van der Waals surface area (Å²) in [7, 11) is 0. The van der Waals surface area contributed by atoms with Crippen molar-refractivity contribution in [2.75, 3.05) is 0 Å². The monoisotopic (exact) mass is 1130 g/mol. The fourth-order valence-electron chi connectivity index (χ4n) is 11.8. The molecule has 0 atom stereocenters. The number of rotatable bonds is 56. The molecule has 0 bridgehead atoms. The summed E-state index contributed by atoms with van der Waals surface area (Å²) in [6.45, 7) is 13.6. The predicted octanol–water partition coefficient (Wildman–Crippen LogP) is 27.5. The number of unbranched alkanes of at least 4 members (excludes halogenated alkanes) is 42. The molecule has 2 nitrogen and oxygen atoms in total. The third kappa shape index (κ3) is 38.5. The van der Waals surface area contributed by atoms with Crippen molar-refractivity contribution >= 4 is 11.4 Å². The van der Waals surface area contributed by atoms with Crippen molar-refractivity contribution in [2.45, 2.75) is 386 Å². The van der Waals surface area contributed by atoms with Gasteiger partial charge in [-0.05, 0) is 86.8 Å². The molecule has 0 aliphatic carbocycles. The van der Waals surface area contributed by atoms with Gasteiger partial charge < -0.3 is 5.53 Å². The van der Waals surface area contributed by atoms with Gasteiger partial charge in [-0.2, -0.15) is 0 Å². The van der Waals surface area contributed by atoms with Gasteiger partial charge in [0.05, 0.1) is 0 Å². The second kappa shape index (κ2) is 55.2. The van der Waals surface area contributed by atoms with Crippen LogP contribution in [0.2, 0.25) is 10.8 Å². The van der Waals surface area contributed by atoms with E-state index in [1.54, 1.807) is 0 Å². The fraction of sp³-hybridized carbons (Fsp3) is 0.789. The summed E-state index contributed by atoms with van der Waals surface area (Å²) in [5.41, 5.74) is 21.3. The summed E-state index contributed by atoms with van der Waals surface area (Å²) < 4.78 is 1.51. The van der Waals surface area contributed by atoms with Crippen LogP contribution in [0.1, 0.15) is 385 Å². The van der Waals surface area contributed by atoms with Crippen molar-refractivity contribution in [2.24, 2.45) is 0 Å². The van der Waals surface area contributed by atoms with Crippen molar-refractivity contribution in [3.05, 3.63) is 87.5 Å². The molecule has 0 unspecified atom stereocenters. The molecular formula is C76H134N2Ni. The van der Waals surface area contributed by atoms with Crippen LogP contribution in [0.4, 0.5) is 0 Å². The quantitative estimate of drug-likeness (QED) is 0.0358. The first-order chi connectivity index (χ1) is 39.1. The molecule has 2 aromatic rings. The molecule has 0 amide bonds. The Hall–Kier alpha value is -1.99. The Bertz CT molecular complexity index is 1580. The molecule has 1 heterocycles. The van der Waals surface area contributed by atoms with Gasteiger partial charge in [-0.3, -0.25) is 0 Å². The van der Waals surface area contributed by atoms with Gasteiger partial charge in [0.15, 0.2) is 0 Å². The van der Waals surface area contributed by atoms with Crippen LogP contribution in [-0.2, 0) is 27.3 Å². The van der Waals surface area contributed by atoms with E-state index in [1.165, 1.54) is 320 Å². The van der Waals surface area contributed by atoms with Gasteiger partial charge in [0.2, 0.25) is 11.4 Å². The van der Waals surface area contributed by atoms with Crippen LogP contribution in [0.25, 0.3) is 16.9 Å². The number of allylic oxidation sites excluding steroid dienone is 2. The summed E-state index contributed by atoms with van der Waals surface area (Å²) >= 11 is 2.05. The van der Waals surface area contributed by atoms with Gasteiger partial charge in [0.25, 0.3) is 0 Å². The Labute approximate surface area is 501 Å². The molecule has 1 aliphatic heterocycles. The van der Waals surface area contributed by atoms with Crippen LogP contribution in [0.5, 0.6) is 0 Å². The van der Waals surface area contributed by atoms with E-state index >= 15 is 0 Å². The minimum Gasteiger partial charge on any atom is -0.0654 e. The number of nitrogens with zero attached hydrogens (tertiary/aromatic N) is 2. The zero-order valence-electron chi connectivity index (χ0n) is 54.0. The zero-order chi connectivity index (χ0) is 56.7. The van der Waals surface area contributed by atoms with E-state index in [9.17, 15) is 5.53 Å². The molecule has 2 aromatic carbocycles. The topological polar surface area (TPSA) is 25.3 Å². The summed E-state index contributed by atoms with van der Waals surface area (Å²) in [6.07, 6.45) is 72.9. The number of benzene rings is 2. The van der Waals surface area contributed by atoms with Crippen molar-refractivity contribution < 1.29 is 19.1 Å². The number of hydrogen-bond donors (Lipinski definition) is 0. The Kier molecular flexibility index (Phi) is 51.1. The van der Waals surface area contributed by atoms with Crippen molar-refractivity contribution in [1.82, 2.24) is 0 Å². The fourth-order valence-corrected chi connectivity index (χ4v) is 13.1. The SMILES string of the molecule is CCCCC1=C(c2ccc(CCCC)cc2)[N+](=[N-])C(c2ccc(CCCC)cc2)=C1CCCC.CCCCCCCCCCCCCCCCCCCCC[CH2][Ni][CH2]CCCCCCCCCCCCCCCCCCCCC. The molecule has 0 saturated carbocycles. The Morgan fingerprint density at radius 1 is 0.253 bits per heavy atom. The first-order valence-corrected chi connectivity index (χ1v) is 37.0. The molecule has 0 fully saturated rings. The van der Waals surface area contributed by atoms with Crippen molar-refractivity contribution in [3.63, 3.8) is 0 Å². The molecule has 0 saturated heterocycles. The zero-order valence-corrected chi connectivity index (χ0v) is 55.0. The second-order valence-corrected chi connectivity index (χ2v) is 26.2. The van der Waals surface area contributed by atoms with Gasteiger partial charge in [0.1, 0.15) is 0 Å². The molecule has 0 radical (unpaired) electrons. The van der Waals surface area contributed by atoms with E-state index < -0.39 is 0 Å². The third-order valence-corrected chi connectivity index (χ3v) is 18.6. The molecule has 0 spiro atoms. The van der Waals surface area contributed by atoms with Crippen LogP contribution in [-0.4, -0.2) is 4.70 Å². The van der Waals surface area contributed by atoms with Crippen LogP contribution in [0, 0.1) is 0 Å². The van der Waals surface area contributed by atoms with Gasteiger partial charge >= 0.3 is 166 Å². The second-order valence-electron chi connectivity index (χ2n) is 24.7. The summed E-state index contributed by atoms with van der Waals surface area (Å²) in [6, 6.07) is 17.8. The van der Waals surface area contributed by atoms with E-state index in [0.717, 1.165) is 73.9 Å². The third-order valence-electron chi connectivity index (χ3n) is 17.2. The van der Waals surface area contributed by atoms with Crippen LogP contribution in [0.15, 0.2) is 59.7 Å². The first-order valence-electron chi connectivity index (χ1n) is 35.6. The minimum atomic E-state index is 0.992. The van der Waals surface area contributed by atoms with Gasteiger partial charge in [-0.1, -0.05) is 207 Å². The average molecular weight is 1130 g/mol. The smallest absolute Gasteiger partial charge is 0.0654 e. The Balaban J connectivity index is 0.000000558. The minimum absolute atomic E-state index is 0.992. The molecule has 3 heteroatoms. The Morgan fingerprint density at radius 3 is 0.684 bits per heavy atom. The van der Waals surface area contributed by atoms with E-state index in [2.05, 4.69) is 90.1 Å². The Morgan fingerprint density at radius 2 is 0.456 bits per heavy atom. The molecular weight excluding hydrogens is 1000 g/mol. The molecule has 0 N–H and O–H groups in total. The van der Waals surface area contributed by atoms with Crippen LogP contribution in [0.3, 0.4) is 0 Å². The normalized spacial score (nSPS) is 12.7. The molecule has 79 heavy (non-hydrogen) atoms. The van der Waals surface area contributed by atoms with E-state index in [-0.39, 0.29) is 0 Å². The average Bonchev–Trinajstić information content (AvgIpc) is 3.94. The van der Waals surface area contributed by atoms with E-state index in [0.29, 0.717) is 0 Å². The van der Waals surface area contributed by atoms with E-state index in [4.69, 9.17) is 0 Å². The first kappa shape index (κ1) is 73.1. The molecule has 458 valence electrons. The van der Waals surface area contributed by atoms with Crippen LogP contribution < -0.4 is 0 Å². The van der Waals surface area contributed by atoms with E-state index in [1.807, 2.05) is 14.4 Å². The number of aryl methyl sites for hydroxylation is 2. The van der Waals surface area contributed by atoms with Gasteiger partial charge in [0, 0.05) is 22.3 Å². The maximum atomic E-state index is 11.6. The standard InChI is InChI=1S/C32H44N2.2C22H45.Ni/c1-5-9-13-25-17-21-27(22-18-25)31-29(15-11-7-3)30(16-12-8-4)32(34(31)33)28-23-19-26(20-24-28)14-10-6-2;2*1-3-5-7-9-11-13-15-17-19-21-22-20-18-16-14-12-10-8-6-4-2;/h17-24H,5-16H2,1-4H3;2*1,3-22H2,2H3;. The van der Waals surface area contributed by atoms with Gasteiger partial charge in [-0.15, -0.1) is 0 Å². The maximum absolute atomic E-state index is 11.6. The molecule has 3 rings (SSSR count). The number of hydrogen-bond acceptors (Lipinski definition) is 0. The van der Waals surface area contributed by atoms with Crippen molar-refractivity contribution in [1.29, 1.82) is 0 Å². The van der Waals surface area contributed by atoms with Crippen molar-refractivity contribution in [3.8, 4) is 0 Å². The van der Waals surface area contributed by atoms with Crippen LogP contribution >= 0.6 is 0 Å².